The van der Waals surface area contributed by atoms with Gasteiger partial charge in [-0.3, -0.25) is 4.99 Å². The SMILES string of the molecule is CCOc1cc2c(c3c1OC(C)(C)C3)C(c1ccc(C(=O)OC)c(N(C)c3cccc(Cl)c3)c1)=NC(C)(C)C2. The molecule has 3 aromatic carbocycles. The van der Waals surface area contributed by atoms with Crippen molar-refractivity contribution in [2.45, 2.75) is 58.6 Å². The number of methoxy groups -OCH3 is 1. The number of rotatable bonds is 6. The summed E-state index contributed by atoms with van der Waals surface area (Å²) in [6.45, 7) is 11.0. The van der Waals surface area contributed by atoms with Crippen molar-refractivity contribution < 1.29 is 19.0 Å². The first kappa shape index (κ1) is 27.1. The van der Waals surface area contributed by atoms with E-state index in [1.807, 2.05) is 61.3 Å². The van der Waals surface area contributed by atoms with Gasteiger partial charge in [-0.05, 0) is 83.0 Å². The number of halogens is 1. The first-order valence-electron chi connectivity index (χ1n) is 13.3. The summed E-state index contributed by atoms with van der Waals surface area (Å²) in [7, 11) is 3.31. The number of esters is 1. The van der Waals surface area contributed by atoms with E-state index in [1.54, 1.807) is 0 Å². The van der Waals surface area contributed by atoms with Gasteiger partial charge in [-0.25, -0.2) is 4.79 Å². The molecule has 0 saturated heterocycles. The van der Waals surface area contributed by atoms with Crippen LogP contribution < -0.4 is 14.4 Å². The fourth-order valence-electron chi connectivity index (χ4n) is 5.60. The van der Waals surface area contributed by atoms with Gasteiger partial charge in [0, 0.05) is 40.9 Å². The zero-order chi connectivity index (χ0) is 28.1. The van der Waals surface area contributed by atoms with Crippen molar-refractivity contribution in [3.8, 4) is 11.5 Å². The number of benzene rings is 3. The third kappa shape index (κ3) is 5.10. The third-order valence-corrected chi connectivity index (χ3v) is 7.45. The van der Waals surface area contributed by atoms with Crippen LogP contribution in [0.2, 0.25) is 5.02 Å². The number of carbonyl (C=O) groups excluding carboxylic acids is 1. The fourth-order valence-corrected chi connectivity index (χ4v) is 5.79. The number of aliphatic imine (C=N–C) groups is 1. The molecule has 5 rings (SSSR count). The Kier molecular flexibility index (Phi) is 6.88. The quantitative estimate of drug-likeness (QED) is 0.306. The molecule has 0 radical (unpaired) electrons. The molecule has 2 heterocycles. The average Bonchev–Trinajstić information content (AvgIpc) is 3.21. The smallest absolute Gasteiger partial charge is 0.339 e. The van der Waals surface area contributed by atoms with Crippen LogP contribution in [-0.2, 0) is 17.6 Å². The highest BCUT2D eigenvalue weighted by Crippen LogP contribution is 2.48. The minimum absolute atomic E-state index is 0.324. The summed E-state index contributed by atoms with van der Waals surface area (Å²) in [6.07, 6.45) is 1.54. The lowest BCUT2D eigenvalue weighted by Crippen LogP contribution is -2.31. The Morgan fingerprint density at radius 3 is 2.56 bits per heavy atom. The van der Waals surface area contributed by atoms with Gasteiger partial charge in [0.1, 0.15) is 5.60 Å². The summed E-state index contributed by atoms with van der Waals surface area (Å²) in [6, 6.07) is 15.4. The van der Waals surface area contributed by atoms with Crippen LogP contribution in [-0.4, -0.2) is 43.6 Å². The van der Waals surface area contributed by atoms with Gasteiger partial charge in [-0.1, -0.05) is 23.7 Å². The summed E-state index contributed by atoms with van der Waals surface area (Å²) in [5.41, 5.74) is 6.55. The summed E-state index contributed by atoms with van der Waals surface area (Å²) in [5, 5.41) is 0.616. The predicted octanol–water partition coefficient (Wildman–Crippen LogP) is 7.18. The fraction of sp³-hybridized carbons (Fsp3) is 0.375. The lowest BCUT2D eigenvalue weighted by Gasteiger charge is -2.31. The number of anilines is 2. The van der Waals surface area contributed by atoms with E-state index in [0.29, 0.717) is 22.9 Å². The second-order valence-electron chi connectivity index (χ2n) is 11.4. The Morgan fingerprint density at radius 1 is 1.10 bits per heavy atom. The molecule has 3 aromatic rings. The molecule has 0 N–H and O–H groups in total. The normalized spacial score (nSPS) is 16.5. The number of ether oxygens (including phenoxy) is 3. The molecule has 0 spiro atoms. The summed E-state index contributed by atoms with van der Waals surface area (Å²) in [4.78, 5) is 20.0. The number of hydrogen-bond acceptors (Lipinski definition) is 6. The first-order valence-corrected chi connectivity index (χ1v) is 13.6. The molecule has 0 atom stereocenters. The van der Waals surface area contributed by atoms with Gasteiger partial charge in [0.05, 0.1) is 36.2 Å². The minimum Gasteiger partial charge on any atom is -0.490 e. The molecule has 0 aromatic heterocycles. The second kappa shape index (κ2) is 9.91. The van der Waals surface area contributed by atoms with Gasteiger partial charge in [0.2, 0.25) is 0 Å². The van der Waals surface area contributed by atoms with Crippen LogP contribution in [0, 0.1) is 0 Å². The highest BCUT2D eigenvalue weighted by molar-refractivity contribution is 6.30. The highest BCUT2D eigenvalue weighted by atomic mass is 35.5. The predicted molar refractivity (Wildman–Crippen MR) is 157 cm³/mol. The van der Waals surface area contributed by atoms with E-state index in [1.165, 1.54) is 12.7 Å². The van der Waals surface area contributed by atoms with E-state index in [2.05, 4.69) is 33.8 Å². The van der Waals surface area contributed by atoms with E-state index in [4.69, 9.17) is 30.8 Å². The number of nitrogens with zero attached hydrogens (tertiary/aromatic N) is 2. The molecule has 39 heavy (non-hydrogen) atoms. The Labute approximate surface area is 235 Å². The standard InChI is InChI=1S/C32H35ClN2O4/c1-8-38-26-15-20-17-31(2,3)34-28(27(20)24-18-32(4,5)39-29(24)26)19-12-13-23(30(36)37-7)25(14-19)35(6)22-11-9-10-21(33)16-22/h9-16H,8,17-18H2,1-7H3. The Bertz CT molecular complexity index is 1490. The first-order chi connectivity index (χ1) is 18.4. The van der Waals surface area contributed by atoms with Crippen LogP contribution in [0.5, 0.6) is 11.5 Å². The van der Waals surface area contributed by atoms with Gasteiger partial charge < -0.3 is 19.1 Å². The van der Waals surface area contributed by atoms with Gasteiger partial charge in [-0.2, -0.15) is 0 Å². The lowest BCUT2D eigenvalue weighted by atomic mass is 9.80. The van der Waals surface area contributed by atoms with Crippen LogP contribution in [0.3, 0.4) is 0 Å². The molecule has 7 heteroatoms. The van der Waals surface area contributed by atoms with Gasteiger partial charge in [0.25, 0.3) is 0 Å². The lowest BCUT2D eigenvalue weighted by molar-refractivity contribution is 0.0601. The Hall–Kier alpha value is -3.51. The summed E-state index contributed by atoms with van der Waals surface area (Å²) in [5.74, 6) is 1.18. The van der Waals surface area contributed by atoms with Crippen molar-refractivity contribution in [2.24, 2.45) is 4.99 Å². The maximum atomic E-state index is 12.8. The van der Waals surface area contributed by atoms with Crippen molar-refractivity contribution in [2.75, 3.05) is 25.7 Å². The van der Waals surface area contributed by atoms with Crippen molar-refractivity contribution in [3.63, 3.8) is 0 Å². The van der Waals surface area contributed by atoms with Gasteiger partial charge in [-0.15, -0.1) is 0 Å². The van der Waals surface area contributed by atoms with Crippen molar-refractivity contribution in [1.82, 2.24) is 0 Å². The topological polar surface area (TPSA) is 60.4 Å². The second-order valence-corrected chi connectivity index (χ2v) is 11.8. The largest absolute Gasteiger partial charge is 0.490 e. The molecule has 0 unspecified atom stereocenters. The van der Waals surface area contributed by atoms with E-state index >= 15 is 0 Å². The molecular weight excluding hydrogens is 512 g/mol. The zero-order valence-corrected chi connectivity index (χ0v) is 24.4. The minimum atomic E-state index is -0.408. The molecule has 6 nitrogen and oxygen atoms in total. The molecule has 204 valence electrons. The molecule has 0 amide bonds. The van der Waals surface area contributed by atoms with Crippen molar-refractivity contribution in [3.05, 3.63) is 81.4 Å². The summed E-state index contributed by atoms with van der Waals surface area (Å²) >= 11 is 6.30. The number of hydrogen-bond donors (Lipinski definition) is 0. The average molecular weight is 547 g/mol. The highest BCUT2D eigenvalue weighted by Gasteiger charge is 2.40. The molecule has 0 aliphatic carbocycles. The van der Waals surface area contributed by atoms with Gasteiger partial charge in [0.15, 0.2) is 11.5 Å². The summed E-state index contributed by atoms with van der Waals surface area (Å²) < 4.78 is 17.6. The molecule has 2 aliphatic rings. The number of carbonyl (C=O) groups is 1. The van der Waals surface area contributed by atoms with E-state index < -0.39 is 5.97 Å². The number of fused-ring (bicyclic) bond motifs is 3. The van der Waals surface area contributed by atoms with Gasteiger partial charge >= 0.3 is 5.97 Å². The third-order valence-electron chi connectivity index (χ3n) is 7.21. The Morgan fingerprint density at radius 2 is 1.87 bits per heavy atom. The molecule has 0 fully saturated rings. The van der Waals surface area contributed by atoms with Crippen molar-refractivity contribution in [1.29, 1.82) is 0 Å². The maximum Gasteiger partial charge on any atom is 0.339 e. The molecule has 0 saturated carbocycles. The van der Waals surface area contributed by atoms with Crippen LogP contribution in [0.1, 0.15) is 67.2 Å². The zero-order valence-electron chi connectivity index (χ0n) is 23.6. The monoisotopic (exact) mass is 546 g/mol. The Balaban J connectivity index is 1.72. The maximum absolute atomic E-state index is 12.8. The van der Waals surface area contributed by atoms with E-state index in [-0.39, 0.29) is 11.1 Å². The van der Waals surface area contributed by atoms with Crippen LogP contribution in [0.15, 0.2) is 53.5 Å². The molecule has 2 aliphatic heterocycles. The van der Waals surface area contributed by atoms with Crippen molar-refractivity contribution >= 4 is 34.7 Å². The van der Waals surface area contributed by atoms with E-state index in [0.717, 1.165) is 52.4 Å². The van der Waals surface area contributed by atoms with Crippen LogP contribution >= 0.6 is 11.6 Å². The molecular formula is C32H35ClN2O4. The molecule has 0 bridgehead atoms. The van der Waals surface area contributed by atoms with E-state index in [9.17, 15) is 4.79 Å². The van der Waals surface area contributed by atoms with Crippen LogP contribution in [0.4, 0.5) is 11.4 Å². The van der Waals surface area contributed by atoms with Crippen LogP contribution in [0.25, 0.3) is 0 Å².